The Bertz CT molecular complexity index is 422. The molecule has 0 radical (unpaired) electrons. The fourth-order valence-electron chi connectivity index (χ4n) is 2.90. The van der Waals surface area contributed by atoms with Crippen LogP contribution in [0.2, 0.25) is 0 Å². The first-order valence-electron chi connectivity index (χ1n) is 8.04. The van der Waals surface area contributed by atoms with E-state index < -0.39 is 0 Å². The summed E-state index contributed by atoms with van der Waals surface area (Å²) in [5.74, 6) is 0.137. The van der Waals surface area contributed by atoms with Gasteiger partial charge < -0.3 is 4.74 Å². The molecule has 2 rings (SSSR count). The molecule has 2 atom stereocenters. The monoisotopic (exact) mass is 274 g/mol. The number of unbranched alkanes of at least 4 members (excludes halogenated alkanes) is 1. The summed E-state index contributed by atoms with van der Waals surface area (Å²) in [5.41, 5.74) is 2.51. The van der Waals surface area contributed by atoms with Gasteiger partial charge >= 0.3 is 5.97 Å². The summed E-state index contributed by atoms with van der Waals surface area (Å²) in [6, 6.07) is 8.57. The molecule has 1 saturated heterocycles. The van der Waals surface area contributed by atoms with E-state index in [0.717, 1.165) is 50.5 Å². The second kappa shape index (κ2) is 7.47. The van der Waals surface area contributed by atoms with Crippen molar-refractivity contribution in [3.05, 3.63) is 35.4 Å². The van der Waals surface area contributed by atoms with Crippen molar-refractivity contribution in [2.75, 3.05) is 0 Å². The maximum absolute atomic E-state index is 12.0. The Morgan fingerprint density at radius 1 is 1.10 bits per heavy atom. The summed E-state index contributed by atoms with van der Waals surface area (Å²) in [7, 11) is 0. The van der Waals surface area contributed by atoms with Crippen LogP contribution in [0.25, 0.3) is 0 Å². The van der Waals surface area contributed by atoms with E-state index in [2.05, 4.69) is 38.1 Å². The highest BCUT2D eigenvalue weighted by atomic mass is 16.5. The molecule has 0 amide bonds. The number of carbonyl (C=O) groups is 1. The number of ether oxygens (including phenoxy) is 1. The van der Waals surface area contributed by atoms with E-state index in [4.69, 9.17) is 4.74 Å². The lowest BCUT2D eigenvalue weighted by Crippen LogP contribution is -2.26. The summed E-state index contributed by atoms with van der Waals surface area (Å²) in [6.45, 7) is 4.35. The van der Waals surface area contributed by atoms with Crippen molar-refractivity contribution in [3.8, 4) is 0 Å². The van der Waals surface area contributed by atoms with Crippen molar-refractivity contribution >= 4 is 5.97 Å². The minimum atomic E-state index is -0.0314. The molecule has 1 aromatic carbocycles. The van der Waals surface area contributed by atoms with Crippen LogP contribution in [-0.2, 0) is 16.0 Å². The van der Waals surface area contributed by atoms with Gasteiger partial charge in [-0.3, -0.25) is 4.79 Å². The lowest BCUT2D eigenvalue weighted by Gasteiger charge is -2.28. The maximum atomic E-state index is 12.0. The van der Waals surface area contributed by atoms with Crippen molar-refractivity contribution in [3.63, 3.8) is 0 Å². The van der Waals surface area contributed by atoms with Gasteiger partial charge in [0.25, 0.3) is 0 Å². The van der Waals surface area contributed by atoms with Crippen LogP contribution in [-0.4, -0.2) is 5.97 Å². The molecule has 1 aliphatic rings. The fraction of sp³-hybridized carbons (Fsp3) is 0.611. The van der Waals surface area contributed by atoms with Crippen molar-refractivity contribution in [1.29, 1.82) is 0 Å². The summed E-state index contributed by atoms with van der Waals surface area (Å²) in [5, 5.41) is 0. The van der Waals surface area contributed by atoms with E-state index in [1.54, 1.807) is 0 Å². The number of rotatable bonds is 6. The van der Waals surface area contributed by atoms with Crippen molar-refractivity contribution in [2.24, 2.45) is 5.92 Å². The number of esters is 1. The van der Waals surface area contributed by atoms with Crippen molar-refractivity contribution in [1.82, 2.24) is 0 Å². The molecule has 110 valence electrons. The van der Waals surface area contributed by atoms with Crippen LogP contribution in [0, 0.1) is 5.92 Å². The van der Waals surface area contributed by atoms with Crippen LogP contribution in [0.1, 0.15) is 69.6 Å². The van der Waals surface area contributed by atoms with Crippen LogP contribution in [0.5, 0.6) is 0 Å². The number of benzene rings is 1. The van der Waals surface area contributed by atoms with Crippen LogP contribution >= 0.6 is 0 Å². The predicted octanol–water partition coefficient (Wildman–Crippen LogP) is 4.82. The first-order valence-corrected chi connectivity index (χ1v) is 8.04. The molecule has 0 bridgehead atoms. The van der Waals surface area contributed by atoms with Crippen LogP contribution in [0.3, 0.4) is 0 Å². The lowest BCUT2D eigenvalue weighted by atomic mass is 9.90. The molecule has 2 nitrogen and oxygen atoms in total. The van der Waals surface area contributed by atoms with Gasteiger partial charge in [-0.2, -0.15) is 0 Å². The van der Waals surface area contributed by atoms with Crippen LogP contribution < -0.4 is 0 Å². The average molecular weight is 274 g/mol. The van der Waals surface area contributed by atoms with E-state index in [0.29, 0.717) is 0 Å². The third-order valence-electron chi connectivity index (χ3n) is 4.17. The Morgan fingerprint density at radius 3 is 2.45 bits per heavy atom. The lowest BCUT2D eigenvalue weighted by molar-refractivity contribution is -0.161. The third-order valence-corrected chi connectivity index (χ3v) is 4.17. The highest BCUT2D eigenvalue weighted by Crippen LogP contribution is 2.33. The first-order chi connectivity index (χ1) is 9.74. The van der Waals surface area contributed by atoms with Gasteiger partial charge in [-0.1, -0.05) is 57.4 Å². The average Bonchev–Trinajstić information content (AvgIpc) is 2.47. The van der Waals surface area contributed by atoms with Gasteiger partial charge in [-0.15, -0.1) is 0 Å². The largest absolute Gasteiger partial charge is 0.457 e. The highest BCUT2D eigenvalue weighted by Gasteiger charge is 2.30. The summed E-state index contributed by atoms with van der Waals surface area (Å²) >= 11 is 0. The molecule has 2 heteroatoms. The molecule has 0 aliphatic carbocycles. The van der Waals surface area contributed by atoms with Crippen molar-refractivity contribution in [2.45, 2.75) is 64.9 Å². The third kappa shape index (κ3) is 3.84. The Balaban J connectivity index is 1.93. The van der Waals surface area contributed by atoms with Gasteiger partial charge in [0.2, 0.25) is 0 Å². The molecular formula is C18H26O2. The molecule has 0 saturated carbocycles. The second-order valence-corrected chi connectivity index (χ2v) is 5.83. The molecule has 1 aliphatic heterocycles. The van der Waals surface area contributed by atoms with E-state index in [1.165, 1.54) is 5.56 Å². The Labute approximate surface area is 122 Å². The summed E-state index contributed by atoms with van der Waals surface area (Å²) < 4.78 is 5.64. The Morgan fingerprint density at radius 2 is 1.85 bits per heavy atom. The van der Waals surface area contributed by atoms with Gasteiger partial charge in [-0.25, -0.2) is 0 Å². The van der Waals surface area contributed by atoms with E-state index >= 15 is 0 Å². The highest BCUT2D eigenvalue weighted by molar-refractivity contribution is 5.73. The topological polar surface area (TPSA) is 26.3 Å². The number of hydrogen-bond acceptors (Lipinski definition) is 2. The van der Waals surface area contributed by atoms with Gasteiger partial charge in [0.05, 0.1) is 5.92 Å². The zero-order valence-electron chi connectivity index (χ0n) is 12.7. The first kappa shape index (κ1) is 15.1. The number of carbonyl (C=O) groups excluding carboxylic acids is 1. The molecular weight excluding hydrogens is 248 g/mol. The Kier molecular flexibility index (Phi) is 5.63. The van der Waals surface area contributed by atoms with Gasteiger partial charge in [0, 0.05) is 0 Å². The molecule has 1 aromatic rings. The second-order valence-electron chi connectivity index (χ2n) is 5.83. The van der Waals surface area contributed by atoms with Crippen LogP contribution in [0.15, 0.2) is 24.3 Å². The van der Waals surface area contributed by atoms with Gasteiger partial charge in [0.15, 0.2) is 0 Å². The summed E-state index contributed by atoms with van der Waals surface area (Å²) in [6.07, 6.45) is 7.43. The summed E-state index contributed by atoms with van der Waals surface area (Å²) in [4.78, 5) is 12.0. The molecule has 0 aromatic heterocycles. The number of aryl methyl sites for hydroxylation is 1. The van der Waals surface area contributed by atoms with E-state index in [9.17, 15) is 4.79 Å². The zero-order valence-corrected chi connectivity index (χ0v) is 12.7. The maximum Gasteiger partial charge on any atom is 0.309 e. The van der Waals surface area contributed by atoms with Crippen molar-refractivity contribution < 1.29 is 9.53 Å². The number of hydrogen-bond donors (Lipinski definition) is 0. The number of cyclic esters (lactones) is 1. The molecule has 1 heterocycles. The minimum absolute atomic E-state index is 0.00679. The Hall–Kier alpha value is -1.31. The molecule has 20 heavy (non-hydrogen) atoms. The molecule has 0 N–H and O–H groups in total. The van der Waals surface area contributed by atoms with Gasteiger partial charge in [0.1, 0.15) is 6.10 Å². The normalized spacial score (nSPS) is 22.6. The van der Waals surface area contributed by atoms with E-state index in [-0.39, 0.29) is 18.0 Å². The van der Waals surface area contributed by atoms with Crippen LogP contribution in [0.4, 0.5) is 0 Å². The fourth-order valence-corrected chi connectivity index (χ4v) is 2.90. The smallest absolute Gasteiger partial charge is 0.309 e. The standard InChI is InChI=1S/C18H26O2/c1-3-5-7-16-12-13-17(20-18(16)19)15-10-8-14(6-4-2)9-11-15/h8-11,16-17H,3-7,12-13H2,1-2H3. The SMILES string of the molecule is CCCCC1CCC(c2ccc(CCC)cc2)OC1=O. The zero-order chi connectivity index (χ0) is 14.4. The molecule has 1 fully saturated rings. The van der Waals surface area contributed by atoms with E-state index in [1.807, 2.05) is 0 Å². The molecule has 2 unspecified atom stereocenters. The quantitative estimate of drug-likeness (QED) is 0.695. The van der Waals surface area contributed by atoms with Gasteiger partial charge in [-0.05, 0) is 36.8 Å². The minimum Gasteiger partial charge on any atom is -0.457 e. The molecule has 0 spiro atoms. The predicted molar refractivity (Wildman–Crippen MR) is 81.5 cm³/mol.